The van der Waals surface area contributed by atoms with Crippen LogP contribution in [0.5, 0.6) is 0 Å². The summed E-state index contributed by atoms with van der Waals surface area (Å²) in [7, 11) is 0. The number of nitrogens with zero attached hydrogens (tertiary/aromatic N) is 4. The Kier molecular flexibility index (Phi) is 5.36. The maximum Gasteiger partial charge on any atom is 0.225 e. The minimum Gasteiger partial charge on any atom is -0.339 e. The fourth-order valence-corrected chi connectivity index (χ4v) is 2.44. The Hall–Kier alpha value is -0.910. The molecule has 1 aliphatic heterocycles. The van der Waals surface area contributed by atoms with Gasteiger partial charge >= 0.3 is 0 Å². The fourth-order valence-electron chi connectivity index (χ4n) is 2.34. The van der Waals surface area contributed by atoms with E-state index in [1.165, 1.54) is 0 Å². The molecule has 2 rings (SSSR count). The predicted octanol–water partition coefficient (Wildman–Crippen LogP) is 1.24. The molecule has 1 unspecified atom stereocenters. The number of halogens is 1. The molecule has 1 aliphatic rings. The zero-order valence-electron chi connectivity index (χ0n) is 11.4. The van der Waals surface area contributed by atoms with E-state index in [9.17, 15) is 0 Å². The van der Waals surface area contributed by atoms with Crippen LogP contribution in [0.4, 0.5) is 5.95 Å². The average Bonchev–Trinajstić information content (AvgIpc) is 2.65. The highest BCUT2D eigenvalue weighted by molar-refractivity contribution is 6.30. The van der Waals surface area contributed by atoms with E-state index in [0.29, 0.717) is 10.9 Å². The van der Waals surface area contributed by atoms with Gasteiger partial charge in [-0.15, -0.1) is 0 Å². The lowest BCUT2D eigenvalue weighted by molar-refractivity contribution is 0.255. The van der Waals surface area contributed by atoms with Crippen LogP contribution in [0.15, 0.2) is 12.4 Å². The molecule has 0 aromatic carbocycles. The Morgan fingerprint density at radius 1 is 1.26 bits per heavy atom. The van der Waals surface area contributed by atoms with Crippen LogP contribution in [0, 0.1) is 5.92 Å². The van der Waals surface area contributed by atoms with Crippen molar-refractivity contribution in [1.82, 2.24) is 14.9 Å². The molecule has 1 atom stereocenters. The van der Waals surface area contributed by atoms with E-state index in [4.69, 9.17) is 17.3 Å². The summed E-state index contributed by atoms with van der Waals surface area (Å²) >= 11 is 5.82. The van der Waals surface area contributed by atoms with Crippen molar-refractivity contribution in [3.63, 3.8) is 0 Å². The van der Waals surface area contributed by atoms with Crippen LogP contribution in [-0.4, -0.2) is 54.1 Å². The van der Waals surface area contributed by atoms with Crippen molar-refractivity contribution in [2.45, 2.75) is 13.3 Å². The molecule has 0 aliphatic carbocycles. The summed E-state index contributed by atoms with van der Waals surface area (Å²) in [5.74, 6) is 1.33. The molecule has 5 nitrogen and oxygen atoms in total. The Morgan fingerprint density at radius 2 is 2.00 bits per heavy atom. The van der Waals surface area contributed by atoms with Gasteiger partial charge in [0.05, 0.1) is 17.4 Å². The summed E-state index contributed by atoms with van der Waals surface area (Å²) in [6.07, 6.45) is 4.44. The first kappa shape index (κ1) is 14.5. The number of hydrogen-bond donors (Lipinski definition) is 1. The first-order valence-corrected chi connectivity index (χ1v) is 7.21. The third-order valence-corrected chi connectivity index (χ3v) is 3.65. The summed E-state index contributed by atoms with van der Waals surface area (Å²) in [6.45, 7) is 8.14. The van der Waals surface area contributed by atoms with E-state index < -0.39 is 0 Å². The van der Waals surface area contributed by atoms with E-state index >= 15 is 0 Å². The molecular weight excluding hydrogens is 262 g/mol. The van der Waals surface area contributed by atoms with Gasteiger partial charge in [0.1, 0.15) is 0 Å². The largest absolute Gasteiger partial charge is 0.339 e. The van der Waals surface area contributed by atoms with Gasteiger partial charge in [0.15, 0.2) is 0 Å². The van der Waals surface area contributed by atoms with E-state index in [2.05, 4.69) is 26.7 Å². The standard InChI is InChI=1S/C13H22ClN5/c1-11(7-15)10-18-3-2-4-19(6-5-18)13-16-8-12(14)9-17-13/h8-9,11H,2-7,10,15H2,1H3. The van der Waals surface area contributed by atoms with Gasteiger partial charge in [-0.3, -0.25) is 0 Å². The molecule has 2 heterocycles. The Balaban J connectivity index is 1.91. The van der Waals surface area contributed by atoms with Gasteiger partial charge in [-0.2, -0.15) is 0 Å². The van der Waals surface area contributed by atoms with Gasteiger partial charge in [-0.1, -0.05) is 18.5 Å². The molecule has 2 N–H and O–H groups in total. The SMILES string of the molecule is CC(CN)CN1CCCN(c2ncc(Cl)cn2)CC1. The van der Waals surface area contributed by atoms with Gasteiger partial charge in [0, 0.05) is 26.2 Å². The first-order chi connectivity index (χ1) is 9.19. The van der Waals surface area contributed by atoms with Crippen LogP contribution in [0.25, 0.3) is 0 Å². The molecule has 0 amide bonds. The summed E-state index contributed by atoms with van der Waals surface area (Å²) in [4.78, 5) is 13.3. The monoisotopic (exact) mass is 283 g/mol. The number of hydrogen-bond acceptors (Lipinski definition) is 5. The van der Waals surface area contributed by atoms with Crippen molar-refractivity contribution in [3.8, 4) is 0 Å². The maximum atomic E-state index is 5.82. The number of aromatic nitrogens is 2. The smallest absolute Gasteiger partial charge is 0.225 e. The zero-order chi connectivity index (χ0) is 13.7. The normalized spacial score (nSPS) is 19.2. The summed E-state index contributed by atoms with van der Waals surface area (Å²) in [6, 6.07) is 0. The van der Waals surface area contributed by atoms with E-state index in [-0.39, 0.29) is 0 Å². The Bertz CT molecular complexity index is 383. The molecule has 0 spiro atoms. The minimum absolute atomic E-state index is 0.554. The van der Waals surface area contributed by atoms with Crippen LogP contribution in [0.3, 0.4) is 0 Å². The van der Waals surface area contributed by atoms with Crippen molar-refractivity contribution in [1.29, 1.82) is 0 Å². The van der Waals surface area contributed by atoms with E-state index in [0.717, 1.165) is 51.6 Å². The molecule has 0 bridgehead atoms. The van der Waals surface area contributed by atoms with Crippen LogP contribution in [0.1, 0.15) is 13.3 Å². The second kappa shape index (κ2) is 7.03. The van der Waals surface area contributed by atoms with E-state index in [1.807, 2.05) is 0 Å². The summed E-state index contributed by atoms with van der Waals surface area (Å²) in [5.41, 5.74) is 5.69. The lowest BCUT2D eigenvalue weighted by atomic mass is 10.1. The van der Waals surface area contributed by atoms with Gasteiger partial charge in [-0.25, -0.2) is 9.97 Å². The van der Waals surface area contributed by atoms with E-state index in [1.54, 1.807) is 12.4 Å². The lowest BCUT2D eigenvalue weighted by Crippen LogP contribution is -2.35. The van der Waals surface area contributed by atoms with Crippen molar-refractivity contribution in [2.24, 2.45) is 11.7 Å². The van der Waals surface area contributed by atoms with Gasteiger partial charge in [0.25, 0.3) is 0 Å². The lowest BCUT2D eigenvalue weighted by Gasteiger charge is -2.23. The second-order valence-electron chi connectivity index (χ2n) is 5.18. The minimum atomic E-state index is 0.554. The molecule has 1 fully saturated rings. The predicted molar refractivity (Wildman–Crippen MR) is 78.5 cm³/mol. The van der Waals surface area contributed by atoms with Crippen molar-refractivity contribution in [2.75, 3.05) is 44.2 Å². The maximum absolute atomic E-state index is 5.82. The van der Waals surface area contributed by atoms with Gasteiger partial charge in [-0.05, 0) is 25.4 Å². The molecular formula is C13H22ClN5. The van der Waals surface area contributed by atoms with Crippen LogP contribution >= 0.6 is 11.6 Å². The van der Waals surface area contributed by atoms with Crippen molar-refractivity contribution < 1.29 is 0 Å². The molecule has 106 valence electrons. The highest BCUT2D eigenvalue weighted by Crippen LogP contribution is 2.13. The summed E-state index contributed by atoms with van der Waals surface area (Å²) in [5, 5.41) is 0.581. The third-order valence-electron chi connectivity index (χ3n) is 3.45. The fraction of sp³-hybridized carbons (Fsp3) is 0.692. The summed E-state index contributed by atoms with van der Waals surface area (Å²) < 4.78 is 0. The highest BCUT2D eigenvalue weighted by Gasteiger charge is 2.17. The average molecular weight is 284 g/mol. The van der Waals surface area contributed by atoms with Crippen molar-refractivity contribution >= 4 is 17.5 Å². The number of rotatable bonds is 4. The molecule has 19 heavy (non-hydrogen) atoms. The third kappa shape index (κ3) is 4.30. The Labute approximate surface area is 119 Å². The van der Waals surface area contributed by atoms with Gasteiger partial charge in [0.2, 0.25) is 5.95 Å². The number of anilines is 1. The first-order valence-electron chi connectivity index (χ1n) is 6.84. The molecule has 1 aromatic rings. The molecule has 0 radical (unpaired) electrons. The zero-order valence-corrected chi connectivity index (χ0v) is 12.2. The topological polar surface area (TPSA) is 58.3 Å². The molecule has 1 saturated heterocycles. The highest BCUT2D eigenvalue weighted by atomic mass is 35.5. The molecule has 0 saturated carbocycles. The molecule has 6 heteroatoms. The van der Waals surface area contributed by atoms with Crippen LogP contribution < -0.4 is 10.6 Å². The van der Waals surface area contributed by atoms with Gasteiger partial charge < -0.3 is 15.5 Å². The molecule has 1 aromatic heterocycles. The quantitative estimate of drug-likeness (QED) is 0.901. The Morgan fingerprint density at radius 3 is 2.68 bits per heavy atom. The van der Waals surface area contributed by atoms with Crippen molar-refractivity contribution in [3.05, 3.63) is 17.4 Å². The number of nitrogens with two attached hydrogens (primary N) is 1. The second-order valence-corrected chi connectivity index (χ2v) is 5.62. The van der Waals surface area contributed by atoms with Crippen LogP contribution in [-0.2, 0) is 0 Å². The van der Waals surface area contributed by atoms with Crippen LogP contribution in [0.2, 0.25) is 5.02 Å².